The maximum Gasteiger partial charge on any atom is 0.131 e. The second-order valence-corrected chi connectivity index (χ2v) is 9.36. The number of hydrogen-bond donors (Lipinski definition) is 2. The van der Waals surface area contributed by atoms with Crippen LogP contribution in [-0.4, -0.2) is 10.4 Å². The summed E-state index contributed by atoms with van der Waals surface area (Å²) in [6.07, 6.45) is -0.218. The zero-order valence-electron chi connectivity index (χ0n) is 20.3. The molecule has 2 heterocycles. The third-order valence-corrected chi connectivity index (χ3v) is 7.09. The van der Waals surface area contributed by atoms with Crippen LogP contribution in [0.3, 0.4) is 0 Å². The minimum Gasteiger partial charge on any atom is -0.350 e. The molecule has 1 aromatic heterocycles. The highest BCUT2D eigenvalue weighted by Gasteiger charge is 2.25. The van der Waals surface area contributed by atoms with Crippen molar-refractivity contribution in [2.45, 2.75) is 12.3 Å². The summed E-state index contributed by atoms with van der Waals surface area (Å²) in [5, 5.41) is 9.87. The summed E-state index contributed by atoms with van der Waals surface area (Å²) in [4.78, 5) is 5.01. The number of para-hydroxylation sites is 2. The van der Waals surface area contributed by atoms with Crippen LogP contribution >= 0.6 is 0 Å². The van der Waals surface area contributed by atoms with Crippen molar-refractivity contribution in [3.8, 4) is 5.69 Å². The number of nitrogens with one attached hydrogen (secondary N) is 2. The SMILES string of the molecule is c1ccc(C2=NC(c3ccccc3)NC(c3ccc(-n4c5ccccc5c5ccccc54)cc3)N2)cc1. The number of nitrogens with zero attached hydrogens (tertiary/aromatic N) is 2. The molecule has 4 nitrogen and oxygen atoms in total. The summed E-state index contributed by atoms with van der Waals surface area (Å²) in [7, 11) is 0. The van der Waals surface area contributed by atoms with E-state index in [4.69, 9.17) is 4.99 Å². The highest BCUT2D eigenvalue weighted by Crippen LogP contribution is 2.32. The third kappa shape index (κ3) is 3.88. The quantitative estimate of drug-likeness (QED) is 0.283. The standard InChI is InChI=1S/C33H26N4/c1-3-11-23(12-4-1)31-34-32(24-13-5-2-6-14-24)36-33(35-31)25-19-21-26(22-20-25)37-29-17-9-7-15-27(29)28-16-8-10-18-30(28)37/h1-22,31,33,35H,(H,34,36). The van der Waals surface area contributed by atoms with Crippen molar-refractivity contribution in [3.63, 3.8) is 0 Å². The van der Waals surface area contributed by atoms with Gasteiger partial charge in [0.1, 0.15) is 18.2 Å². The number of aliphatic imine (C=N–C) groups is 1. The van der Waals surface area contributed by atoms with Gasteiger partial charge in [0.2, 0.25) is 0 Å². The van der Waals surface area contributed by atoms with Gasteiger partial charge < -0.3 is 9.88 Å². The van der Waals surface area contributed by atoms with Gasteiger partial charge in [0.15, 0.2) is 0 Å². The Morgan fingerprint density at radius 3 is 1.76 bits per heavy atom. The van der Waals surface area contributed by atoms with Crippen molar-refractivity contribution in [3.05, 3.63) is 150 Å². The third-order valence-electron chi connectivity index (χ3n) is 7.09. The van der Waals surface area contributed by atoms with Crippen molar-refractivity contribution in [2.24, 2.45) is 4.99 Å². The molecule has 37 heavy (non-hydrogen) atoms. The van der Waals surface area contributed by atoms with Gasteiger partial charge in [-0.05, 0) is 35.4 Å². The molecule has 6 aromatic rings. The lowest BCUT2D eigenvalue weighted by Crippen LogP contribution is -2.44. The van der Waals surface area contributed by atoms with Gasteiger partial charge in [-0.3, -0.25) is 5.32 Å². The van der Waals surface area contributed by atoms with E-state index in [-0.39, 0.29) is 12.3 Å². The molecule has 4 heteroatoms. The van der Waals surface area contributed by atoms with Gasteiger partial charge in [0.25, 0.3) is 0 Å². The van der Waals surface area contributed by atoms with Gasteiger partial charge in [-0.1, -0.05) is 109 Å². The first-order valence-electron chi connectivity index (χ1n) is 12.6. The predicted octanol–water partition coefficient (Wildman–Crippen LogP) is 7.12. The Morgan fingerprint density at radius 2 is 1.11 bits per heavy atom. The molecule has 7 rings (SSSR count). The van der Waals surface area contributed by atoms with E-state index in [1.807, 2.05) is 12.1 Å². The first-order valence-corrected chi connectivity index (χ1v) is 12.6. The Kier molecular flexibility index (Phi) is 5.30. The van der Waals surface area contributed by atoms with Crippen LogP contribution in [0.1, 0.15) is 29.0 Å². The van der Waals surface area contributed by atoms with Gasteiger partial charge in [-0.25, -0.2) is 4.99 Å². The molecule has 1 aliphatic heterocycles. The minimum absolute atomic E-state index is 0.0786. The number of amidine groups is 1. The second kappa shape index (κ2) is 9.08. The van der Waals surface area contributed by atoms with Crippen LogP contribution in [-0.2, 0) is 0 Å². The molecule has 0 spiro atoms. The highest BCUT2D eigenvalue weighted by molar-refractivity contribution is 6.09. The van der Waals surface area contributed by atoms with Gasteiger partial charge in [-0.15, -0.1) is 0 Å². The molecular formula is C33H26N4. The monoisotopic (exact) mass is 478 g/mol. The van der Waals surface area contributed by atoms with E-state index in [0.29, 0.717) is 0 Å². The van der Waals surface area contributed by atoms with Crippen molar-refractivity contribution in [1.29, 1.82) is 0 Å². The molecule has 0 aliphatic carbocycles. The molecular weight excluding hydrogens is 452 g/mol. The maximum absolute atomic E-state index is 5.01. The van der Waals surface area contributed by atoms with E-state index in [1.54, 1.807) is 0 Å². The Balaban J connectivity index is 1.27. The van der Waals surface area contributed by atoms with Crippen LogP contribution in [0.25, 0.3) is 27.5 Å². The molecule has 178 valence electrons. The van der Waals surface area contributed by atoms with E-state index in [0.717, 1.165) is 28.2 Å². The Morgan fingerprint density at radius 1 is 0.541 bits per heavy atom. The van der Waals surface area contributed by atoms with Gasteiger partial charge >= 0.3 is 0 Å². The number of hydrogen-bond acceptors (Lipinski definition) is 3. The molecule has 0 fully saturated rings. The fraction of sp³-hybridized carbons (Fsp3) is 0.0606. The molecule has 2 unspecified atom stereocenters. The molecule has 0 saturated carbocycles. The minimum atomic E-state index is -0.139. The lowest BCUT2D eigenvalue weighted by Gasteiger charge is -2.32. The average Bonchev–Trinajstić information content (AvgIpc) is 3.32. The summed E-state index contributed by atoms with van der Waals surface area (Å²) in [5.41, 5.74) is 6.96. The largest absolute Gasteiger partial charge is 0.350 e. The molecule has 0 bridgehead atoms. The molecule has 0 radical (unpaired) electrons. The zero-order chi connectivity index (χ0) is 24.6. The van der Waals surface area contributed by atoms with E-state index in [2.05, 4.69) is 137 Å². The number of benzene rings is 5. The first-order chi connectivity index (χ1) is 18.3. The average molecular weight is 479 g/mol. The van der Waals surface area contributed by atoms with Crippen molar-refractivity contribution >= 4 is 27.6 Å². The molecule has 2 N–H and O–H groups in total. The lowest BCUT2D eigenvalue weighted by molar-refractivity contribution is 0.409. The Bertz CT molecular complexity index is 1660. The molecule has 0 amide bonds. The van der Waals surface area contributed by atoms with Crippen LogP contribution in [0.15, 0.2) is 138 Å². The van der Waals surface area contributed by atoms with Crippen molar-refractivity contribution in [1.82, 2.24) is 15.2 Å². The van der Waals surface area contributed by atoms with Crippen LogP contribution in [0.4, 0.5) is 0 Å². The summed E-state index contributed by atoms with van der Waals surface area (Å²) in [5.74, 6) is 0.893. The van der Waals surface area contributed by atoms with Crippen LogP contribution < -0.4 is 10.6 Å². The van der Waals surface area contributed by atoms with Crippen molar-refractivity contribution in [2.75, 3.05) is 0 Å². The van der Waals surface area contributed by atoms with Crippen LogP contribution in [0.2, 0.25) is 0 Å². The summed E-state index contributed by atoms with van der Waals surface area (Å²) in [6.45, 7) is 0. The summed E-state index contributed by atoms with van der Waals surface area (Å²) >= 11 is 0. The molecule has 1 aliphatic rings. The van der Waals surface area contributed by atoms with E-state index in [9.17, 15) is 0 Å². The number of aromatic nitrogens is 1. The maximum atomic E-state index is 5.01. The van der Waals surface area contributed by atoms with Gasteiger partial charge in [0.05, 0.1) is 11.0 Å². The summed E-state index contributed by atoms with van der Waals surface area (Å²) < 4.78 is 2.35. The molecule has 0 saturated heterocycles. The number of fused-ring (bicyclic) bond motifs is 3. The smallest absolute Gasteiger partial charge is 0.131 e. The summed E-state index contributed by atoms with van der Waals surface area (Å²) in [6, 6.07) is 46.8. The second-order valence-electron chi connectivity index (χ2n) is 9.36. The fourth-order valence-corrected chi connectivity index (χ4v) is 5.30. The highest BCUT2D eigenvalue weighted by atomic mass is 15.3. The topological polar surface area (TPSA) is 41.4 Å². The van der Waals surface area contributed by atoms with E-state index < -0.39 is 0 Å². The Labute approximate surface area is 215 Å². The number of rotatable bonds is 4. The van der Waals surface area contributed by atoms with Crippen LogP contribution in [0.5, 0.6) is 0 Å². The Hall–Kier alpha value is -4.67. The van der Waals surface area contributed by atoms with Gasteiger partial charge in [0, 0.05) is 22.0 Å². The molecule has 2 atom stereocenters. The lowest BCUT2D eigenvalue weighted by atomic mass is 10.1. The normalized spacial score (nSPS) is 17.5. The molecule has 5 aromatic carbocycles. The zero-order valence-corrected chi connectivity index (χ0v) is 20.3. The van der Waals surface area contributed by atoms with Crippen LogP contribution in [0, 0.1) is 0 Å². The van der Waals surface area contributed by atoms with Crippen molar-refractivity contribution < 1.29 is 0 Å². The van der Waals surface area contributed by atoms with E-state index >= 15 is 0 Å². The predicted molar refractivity (Wildman–Crippen MR) is 152 cm³/mol. The fourth-order valence-electron chi connectivity index (χ4n) is 5.30. The first kappa shape index (κ1) is 21.6. The van der Waals surface area contributed by atoms with E-state index in [1.165, 1.54) is 21.8 Å². The van der Waals surface area contributed by atoms with Gasteiger partial charge in [-0.2, -0.15) is 0 Å².